The van der Waals surface area contributed by atoms with Crippen LogP contribution in [0.1, 0.15) is 20.3 Å². The van der Waals surface area contributed by atoms with E-state index in [0.29, 0.717) is 5.92 Å². The van der Waals surface area contributed by atoms with E-state index in [-0.39, 0.29) is 11.7 Å². The van der Waals surface area contributed by atoms with Crippen LogP contribution >= 0.6 is 0 Å². The smallest absolute Gasteiger partial charge is 0.0865 e. The molecule has 2 aliphatic rings. The SMILES string of the molecule is CC1(C)OCCC1C1COCCO1. The molecule has 0 aromatic carbocycles. The van der Waals surface area contributed by atoms with Gasteiger partial charge in [0.05, 0.1) is 31.5 Å². The Labute approximate surface area is 79.4 Å². The van der Waals surface area contributed by atoms with Crippen molar-refractivity contribution in [1.29, 1.82) is 0 Å². The third-order valence-electron chi connectivity index (χ3n) is 3.09. The second kappa shape index (κ2) is 3.56. The highest BCUT2D eigenvalue weighted by Crippen LogP contribution is 2.35. The van der Waals surface area contributed by atoms with Crippen LogP contribution in [0.15, 0.2) is 0 Å². The molecule has 76 valence electrons. The minimum atomic E-state index is -0.0363. The van der Waals surface area contributed by atoms with E-state index in [0.717, 1.165) is 32.8 Å². The zero-order valence-corrected chi connectivity index (χ0v) is 8.41. The van der Waals surface area contributed by atoms with Gasteiger partial charge in [0.25, 0.3) is 0 Å². The zero-order chi connectivity index (χ0) is 9.31. The van der Waals surface area contributed by atoms with Crippen LogP contribution in [-0.4, -0.2) is 38.1 Å². The summed E-state index contributed by atoms with van der Waals surface area (Å²) < 4.78 is 16.8. The Morgan fingerprint density at radius 3 is 2.54 bits per heavy atom. The van der Waals surface area contributed by atoms with E-state index in [1.54, 1.807) is 0 Å². The van der Waals surface area contributed by atoms with Crippen molar-refractivity contribution in [2.75, 3.05) is 26.4 Å². The fraction of sp³-hybridized carbons (Fsp3) is 1.00. The monoisotopic (exact) mass is 186 g/mol. The van der Waals surface area contributed by atoms with Crippen molar-refractivity contribution in [2.45, 2.75) is 32.0 Å². The summed E-state index contributed by atoms with van der Waals surface area (Å²) in [5.41, 5.74) is -0.0363. The highest BCUT2D eigenvalue weighted by atomic mass is 16.6. The largest absolute Gasteiger partial charge is 0.376 e. The number of hydrogen-bond donors (Lipinski definition) is 0. The van der Waals surface area contributed by atoms with Gasteiger partial charge in [0, 0.05) is 12.5 Å². The molecule has 3 heteroatoms. The summed E-state index contributed by atoms with van der Waals surface area (Å²) >= 11 is 0. The second-order valence-electron chi connectivity index (χ2n) is 4.33. The molecule has 0 radical (unpaired) electrons. The third-order valence-corrected chi connectivity index (χ3v) is 3.09. The van der Waals surface area contributed by atoms with E-state index < -0.39 is 0 Å². The van der Waals surface area contributed by atoms with Crippen LogP contribution in [-0.2, 0) is 14.2 Å². The quantitative estimate of drug-likeness (QED) is 0.616. The Morgan fingerprint density at radius 1 is 1.15 bits per heavy atom. The average molecular weight is 186 g/mol. The fourth-order valence-electron chi connectivity index (χ4n) is 2.28. The van der Waals surface area contributed by atoms with Crippen molar-refractivity contribution in [3.8, 4) is 0 Å². The Hall–Kier alpha value is -0.120. The molecule has 13 heavy (non-hydrogen) atoms. The minimum absolute atomic E-state index is 0.0363. The van der Waals surface area contributed by atoms with Crippen LogP contribution in [0.4, 0.5) is 0 Å². The summed E-state index contributed by atoms with van der Waals surface area (Å²) in [6, 6.07) is 0. The van der Waals surface area contributed by atoms with Crippen LogP contribution in [0.2, 0.25) is 0 Å². The van der Waals surface area contributed by atoms with Gasteiger partial charge >= 0.3 is 0 Å². The van der Waals surface area contributed by atoms with Crippen molar-refractivity contribution in [3.63, 3.8) is 0 Å². The lowest BCUT2D eigenvalue weighted by Crippen LogP contribution is -2.43. The van der Waals surface area contributed by atoms with Gasteiger partial charge in [0.1, 0.15) is 0 Å². The molecule has 0 spiro atoms. The molecule has 2 heterocycles. The van der Waals surface area contributed by atoms with Gasteiger partial charge in [-0.05, 0) is 20.3 Å². The van der Waals surface area contributed by atoms with E-state index >= 15 is 0 Å². The minimum Gasteiger partial charge on any atom is -0.376 e. The number of rotatable bonds is 1. The maximum Gasteiger partial charge on any atom is 0.0865 e. The Kier molecular flexibility index (Phi) is 2.58. The molecule has 2 unspecified atom stereocenters. The lowest BCUT2D eigenvalue weighted by Gasteiger charge is -2.34. The first-order chi connectivity index (χ1) is 6.20. The van der Waals surface area contributed by atoms with Gasteiger partial charge in [-0.25, -0.2) is 0 Å². The molecule has 0 bridgehead atoms. The molecule has 0 aliphatic carbocycles. The molecule has 0 aromatic rings. The molecule has 0 aromatic heterocycles. The molecular formula is C10H18O3. The normalized spacial score (nSPS) is 39.2. The van der Waals surface area contributed by atoms with E-state index in [2.05, 4.69) is 13.8 Å². The van der Waals surface area contributed by atoms with Crippen LogP contribution in [0.5, 0.6) is 0 Å². The number of hydrogen-bond acceptors (Lipinski definition) is 3. The van der Waals surface area contributed by atoms with Gasteiger partial charge in [0.2, 0.25) is 0 Å². The molecule has 3 nitrogen and oxygen atoms in total. The van der Waals surface area contributed by atoms with Gasteiger partial charge in [-0.2, -0.15) is 0 Å². The topological polar surface area (TPSA) is 27.7 Å². The molecular weight excluding hydrogens is 168 g/mol. The third kappa shape index (κ3) is 1.87. The maximum absolute atomic E-state index is 5.69. The van der Waals surface area contributed by atoms with E-state index in [9.17, 15) is 0 Å². The summed E-state index contributed by atoms with van der Waals surface area (Å²) in [5.74, 6) is 0.493. The van der Waals surface area contributed by atoms with Crippen molar-refractivity contribution in [2.24, 2.45) is 5.92 Å². The van der Waals surface area contributed by atoms with Gasteiger partial charge in [-0.3, -0.25) is 0 Å². The zero-order valence-electron chi connectivity index (χ0n) is 8.41. The summed E-state index contributed by atoms with van der Waals surface area (Å²) in [6.07, 6.45) is 1.34. The predicted octanol–water partition coefficient (Wildman–Crippen LogP) is 1.22. The fourth-order valence-corrected chi connectivity index (χ4v) is 2.28. The van der Waals surface area contributed by atoms with Crippen LogP contribution in [0, 0.1) is 5.92 Å². The standard InChI is InChI=1S/C10H18O3/c1-10(2)8(3-4-13-10)9-7-11-5-6-12-9/h8-9H,3-7H2,1-2H3. The molecule has 2 rings (SSSR count). The number of ether oxygens (including phenoxy) is 3. The molecule has 2 saturated heterocycles. The summed E-state index contributed by atoms with van der Waals surface area (Å²) in [7, 11) is 0. The molecule has 2 fully saturated rings. The molecule has 2 aliphatic heterocycles. The van der Waals surface area contributed by atoms with E-state index in [4.69, 9.17) is 14.2 Å². The Balaban J connectivity index is 1.98. The predicted molar refractivity (Wildman–Crippen MR) is 48.7 cm³/mol. The van der Waals surface area contributed by atoms with Crippen molar-refractivity contribution in [3.05, 3.63) is 0 Å². The first kappa shape index (κ1) is 9.44. The Bertz CT molecular complexity index is 173. The highest BCUT2D eigenvalue weighted by Gasteiger charge is 2.42. The summed E-state index contributed by atoms with van der Waals surface area (Å²) in [4.78, 5) is 0. The summed E-state index contributed by atoms with van der Waals surface area (Å²) in [6.45, 7) is 7.35. The van der Waals surface area contributed by atoms with E-state index in [1.807, 2.05) is 0 Å². The van der Waals surface area contributed by atoms with Gasteiger partial charge in [0.15, 0.2) is 0 Å². The molecule has 0 N–H and O–H groups in total. The van der Waals surface area contributed by atoms with Crippen LogP contribution in [0.25, 0.3) is 0 Å². The first-order valence-corrected chi connectivity index (χ1v) is 5.03. The Morgan fingerprint density at radius 2 is 2.00 bits per heavy atom. The van der Waals surface area contributed by atoms with Crippen molar-refractivity contribution >= 4 is 0 Å². The average Bonchev–Trinajstić information content (AvgIpc) is 2.47. The van der Waals surface area contributed by atoms with Crippen LogP contribution < -0.4 is 0 Å². The van der Waals surface area contributed by atoms with Gasteiger partial charge in [-0.1, -0.05) is 0 Å². The van der Waals surface area contributed by atoms with Crippen LogP contribution in [0.3, 0.4) is 0 Å². The lowest BCUT2D eigenvalue weighted by molar-refractivity contribution is -0.134. The summed E-state index contributed by atoms with van der Waals surface area (Å²) in [5, 5.41) is 0. The first-order valence-electron chi connectivity index (χ1n) is 5.03. The highest BCUT2D eigenvalue weighted by molar-refractivity contribution is 4.90. The molecule has 0 amide bonds. The van der Waals surface area contributed by atoms with E-state index in [1.165, 1.54) is 0 Å². The molecule has 0 saturated carbocycles. The lowest BCUT2D eigenvalue weighted by atomic mass is 9.86. The second-order valence-corrected chi connectivity index (χ2v) is 4.33. The maximum atomic E-state index is 5.69. The molecule has 2 atom stereocenters. The van der Waals surface area contributed by atoms with Gasteiger partial charge < -0.3 is 14.2 Å². The van der Waals surface area contributed by atoms with Crippen molar-refractivity contribution < 1.29 is 14.2 Å². The van der Waals surface area contributed by atoms with Crippen molar-refractivity contribution in [1.82, 2.24) is 0 Å². The van der Waals surface area contributed by atoms with Gasteiger partial charge in [-0.15, -0.1) is 0 Å².